The molecule has 0 unspecified atom stereocenters. The number of hydrogen-bond donors (Lipinski definition) is 1. The highest BCUT2D eigenvalue weighted by Crippen LogP contribution is 2.12. The SMILES string of the molecule is NN(C(=O)OCc1ccccc1)[C@@H](Cc1ccccc1)C(=O)OCc1ccccc1. The number of nitrogens with two attached hydrogens (primary N) is 1. The number of benzene rings is 3. The maximum absolute atomic E-state index is 12.8. The first-order valence-corrected chi connectivity index (χ1v) is 9.62. The van der Waals surface area contributed by atoms with Gasteiger partial charge in [0.05, 0.1) is 0 Å². The minimum absolute atomic E-state index is 0.0600. The molecular weight excluding hydrogens is 380 g/mol. The molecule has 0 fully saturated rings. The van der Waals surface area contributed by atoms with Crippen molar-refractivity contribution in [1.82, 2.24) is 5.01 Å². The number of hydrazine groups is 1. The highest BCUT2D eigenvalue weighted by atomic mass is 16.6. The van der Waals surface area contributed by atoms with Gasteiger partial charge in [-0.3, -0.25) is 0 Å². The first-order valence-electron chi connectivity index (χ1n) is 9.62. The lowest BCUT2D eigenvalue weighted by molar-refractivity contribution is -0.151. The van der Waals surface area contributed by atoms with Crippen LogP contribution >= 0.6 is 0 Å². The lowest BCUT2D eigenvalue weighted by Crippen LogP contribution is -2.51. The van der Waals surface area contributed by atoms with Crippen molar-refractivity contribution < 1.29 is 19.1 Å². The van der Waals surface area contributed by atoms with Crippen LogP contribution in [0.3, 0.4) is 0 Å². The van der Waals surface area contributed by atoms with E-state index in [1.165, 1.54) is 0 Å². The number of carbonyl (C=O) groups is 2. The fourth-order valence-corrected chi connectivity index (χ4v) is 2.88. The van der Waals surface area contributed by atoms with Gasteiger partial charge >= 0.3 is 12.1 Å². The maximum Gasteiger partial charge on any atom is 0.425 e. The van der Waals surface area contributed by atoms with E-state index in [9.17, 15) is 9.59 Å². The van der Waals surface area contributed by atoms with Crippen LogP contribution in [0.15, 0.2) is 91.0 Å². The average molecular weight is 404 g/mol. The van der Waals surface area contributed by atoms with Crippen LogP contribution in [0.4, 0.5) is 4.79 Å². The molecule has 0 saturated heterocycles. The van der Waals surface area contributed by atoms with Crippen molar-refractivity contribution in [2.75, 3.05) is 0 Å². The van der Waals surface area contributed by atoms with Crippen LogP contribution in [0.1, 0.15) is 16.7 Å². The molecule has 1 amide bonds. The number of hydrogen-bond acceptors (Lipinski definition) is 5. The Hall–Kier alpha value is -3.64. The van der Waals surface area contributed by atoms with E-state index in [-0.39, 0.29) is 19.6 Å². The molecule has 0 saturated carbocycles. The van der Waals surface area contributed by atoms with E-state index in [0.29, 0.717) is 0 Å². The molecule has 1 atom stereocenters. The van der Waals surface area contributed by atoms with Gasteiger partial charge in [-0.15, -0.1) is 0 Å². The number of ether oxygens (including phenoxy) is 2. The van der Waals surface area contributed by atoms with Crippen molar-refractivity contribution in [1.29, 1.82) is 0 Å². The van der Waals surface area contributed by atoms with Gasteiger partial charge in [0.1, 0.15) is 13.2 Å². The molecule has 0 aliphatic heterocycles. The Morgan fingerprint density at radius 1 is 0.700 bits per heavy atom. The second kappa shape index (κ2) is 10.8. The molecule has 3 rings (SSSR count). The summed E-state index contributed by atoms with van der Waals surface area (Å²) >= 11 is 0. The Bertz CT molecular complexity index is 933. The molecule has 30 heavy (non-hydrogen) atoms. The van der Waals surface area contributed by atoms with Crippen molar-refractivity contribution in [2.24, 2.45) is 5.84 Å². The maximum atomic E-state index is 12.8. The minimum Gasteiger partial charge on any atom is -0.459 e. The van der Waals surface area contributed by atoms with Gasteiger partial charge in [0.25, 0.3) is 0 Å². The van der Waals surface area contributed by atoms with E-state index in [4.69, 9.17) is 15.3 Å². The molecule has 0 aromatic heterocycles. The molecule has 0 heterocycles. The van der Waals surface area contributed by atoms with Crippen LogP contribution in [0.2, 0.25) is 0 Å². The molecule has 6 nitrogen and oxygen atoms in total. The van der Waals surface area contributed by atoms with E-state index < -0.39 is 18.1 Å². The first-order chi connectivity index (χ1) is 14.6. The summed E-state index contributed by atoms with van der Waals surface area (Å²) in [5, 5.41) is 0.809. The molecule has 0 radical (unpaired) electrons. The molecule has 2 N–H and O–H groups in total. The van der Waals surface area contributed by atoms with Crippen molar-refractivity contribution >= 4 is 12.1 Å². The standard InChI is InChI=1S/C24H24N2O4/c25-26(24(28)30-18-21-14-8-3-9-15-21)22(16-19-10-4-1-5-11-19)23(27)29-17-20-12-6-2-7-13-20/h1-15,22H,16-18,25H2/t22-/m0/s1. The van der Waals surface area contributed by atoms with Gasteiger partial charge in [-0.25, -0.2) is 20.4 Å². The largest absolute Gasteiger partial charge is 0.459 e. The van der Waals surface area contributed by atoms with E-state index >= 15 is 0 Å². The third-order valence-corrected chi connectivity index (χ3v) is 4.52. The lowest BCUT2D eigenvalue weighted by Gasteiger charge is -2.25. The van der Waals surface area contributed by atoms with Crippen molar-refractivity contribution in [3.63, 3.8) is 0 Å². The van der Waals surface area contributed by atoms with E-state index in [1.807, 2.05) is 91.0 Å². The Morgan fingerprint density at radius 2 is 1.13 bits per heavy atom. The second-order valence-corrected chi connectivity index (χ2v) is 6.75. The molecule has 0 bridgehead atoms. The summed E-state index contributed by atoms with van der Waals surface area (Å²) in [4.78, 5) is 25.3. The zero-order valence-electron chi connectivity index (χ0n) is 16.5. The van der Waals surface area contributed by atoms with Crippen molar-refractivity contribution in [3.05, 3.63) is 108 Å². The van der Waals surface area contributed by atoms with E-state index in [0.717, 1.165) is 21.7 Å². The topological polar surface area (TPSA) is 81.9 Å². The van der Waals surface area contributed by atoms with Gasteiger partial charge in [0.15, 0.2) is 6.04 Å². The summed E-state index contributed by atoms with van der Waals surface area (Å²) < 4.78 is 10.7. The third-order valence-electron chi connectivity index (χ3n) is 4.52. The fourth-order valence-electron chi connectivity index (χ4n) is 2.88. The van der Waals surface area contributed by atoms with Crippen LogP contribution in [-0.2, 0) is 33.9 Å². The third kappa shape index (κ3) is 6.18. The average Bonchev–Trinajstić information content (AvgIpc) is 2.81. The number of carbonyl (C=O) groups excluding carboxylic acids is 2. The van der Waals surface area contributed by atoms with Gasteiger partial charge < -0.3 is 9.47 Å². The summed E-state index contributed by atoms with van der Waals surface area (Å²) in [6, 6.07) is 26.9. The molecular formula is C24H24N2O4. The number of nitrogens with zero attached hydrogens (tertiary/aromatic N) is 1. The van der Waals surface area contributed by atoms with E-state index in [2.05, 4.69) is 0 Å². The summed E-state index contributed by atoms with van der Waals surface area (Å²) in [5.74, 6) is 5.41. The van der Waals surface area contributed by atoms with Gasteiger partial charge in [-0.2, -0.15) is 0 Å². The molecule has 3 aromatic rings. The van der Waals surface area contributed by atoms with Gasteiger partial charge in [0.2, 0.25) is 0 Å². The summed E-state index contributed by atoms with van der Waals surface area (Å²) in [5.41, 5.74) is 2.52. The Morgan fingerprint density at radius 3 is 1.63 bits per heavy atom. The van der Waals surface area contributed by atoms with Gasteiger partial charge in [-0.05, 0) is 16.7 Å². The zero-order valence-corrected chi connectivity index (χ0v) is 16.5. The van der Waals surface area contributed by atoms with Crippen LogP contribution < -0.4 is 5.84 Å². The van der Waals surface area contributed by atoms with Crippen LogP contribution in [-0.4, -0.2) is 23.1 Å². The Labute approximate surface area is 175 Å². The van der Waals surface area contributed by atoms with Crippen molar-refractivity contribution in [2.45, 2.75) is 25.7 Å². The molecule has 0 spiro atoms. The molecule has 154 valence electrons. The second-order valence-electron chi connectivity index (χ2n) is 6.75. The Balaban J connectivity index is 1.67. The zero-order chi connectivity index (χ0) is 21.2. The highest BCUT2D eigenvalue weighted by molar-refractivity contribution is 5.81. The first kappa shape index (κ1) is 21.1. The summed E-state index contributed by atoms with van der Waals surface area (Å²) in [6.07, 6.45) is -0.581. The summed E-state index contributed by atoms with van der Waals surface area (Å²) in [6.45, 7) is 0.155. The van der Waals surface area contributed by atoms with Gasteiger partial charge in [0, 0.05) is 6.42 Å². The van der Waals surface area contributed by atoms with Crippen LogP contribution in [0.25, 0.3) is 0 Å². The Kier molecular flexibility index (Phi) is 7.58. The minimum atomic E-state index is -1.01. The smallest absolute Gasteiger partial charge is 0.425 e. The number of esters is 1. The predicted molar refractivity (Wildman–Crippen MR) is 113 cm³/mol. The fraction of sp³-hybridized carbons (Fsp3) is 0.167. The quantitative estimate of drug-likeness (QED) is 0.267. The molecule has 0 aliphatic rings. The number of rotatable bonds is 8. The van der Waals surface area contributed by atoms with Gasteiger partial charge in [-0.1, -0.05) is 91.0 Å². The normalized spacial score (nSPS) is 11.4. The molecule has 0 aliphatic carbocycles. The van der Waals surface area contributed by atoms with Crippen molar-refractivity contribution in [3.8, 4) is 0 Å². The summed E-state index contributed by atoms with van der Waals surface area (Å²) in [7, 11) is 0. The number of amides is 1. The molecule has 6 heteroatoms. The predicted octanol–water partition coefficient (Wildman–Crippen LogP) is 3.85. The molecule has 3 aromatic carbocycles. The lowest BCUT2D eigenvalue weighted by atomic mass is 10.1. The highest BCUT2D eigenvalue weighted by Gasteiger charge is 2.30. The monoisotopic (exact) mass is 404 g/mol. The van der Waals surface area contributed by atoms with E-state index in [1.54, 1.807) is 0 Å². The van der Waals surface area contributed by atoms with Crippen LogP contribution in [0.5, 0.6) is 0 Å². The van der Waals surface area contributed by atoms with Crippen LogP contribution in [0, 0.1) is 0 Å².